The number of halogens is 2. The summed E-state index contributed by atoms with van der Waals surface area (Å²) in [6.45, 7) is 7.48. The van der Waals surface area contributed by atoms with Crippen LogP contribution >= 0.6 is 0 Å². The zero-order valence-corrected chi connectivity index (χ0v) is 19.1. The van der Waals surface area contributed by atoms with Crippen molar-refractivity contribution >= 4 is 11.7 Å². The van der Waals surface area contributed by atoms with Gasteiger partial charge >= 0.3 is 0 Å². The van der Waals surface area contributed by atoms with Crippen LogP contribution < -0.4 is 10.2 Å². The molecular formula is C25H33F2N5O. The second kappa shape index (κ2) is 11.5. The molecule has 1 N–H and O–H groups in total. The molecule has 178 valence electrons. The van der Waals surface area contributed by atoms with Gasteiger partial charge in [-0.1, -0.05) is 12.1 Å². The number of hydrogen-bond donors (Lipinski definition) is 1. The standard InChI is InChI=1S/C25H33F2N5O/c26-22-6-3-7-23(27)21(22)9-11-29-25(33)19-31-12-4-5-20(18-31)17-30-13-15-32(16-14-30)24-8-1-2-10-28-24/h1-3,6-8,10,20H,4-5,9,11-19H2,(H,29,33). The number of amides is 1. The summed E-state index contributed by atoms with van der Waals surface area (Å²) >= 11 is 0. The number of carbonyl (C=O) groups is 1. The monoisotopic (exact) mass is 457 g/mol. The van der Waals surface area contributed by atoms with E-state index in [9.17, 15) is 13.6 Å². The van der Waals surface area contributed by atoms with Crippen LogP contribution in [0.2, 0.25) is 0 Å². The summed E-state index contributed by atoms with van der Waals surface area (Å²) in [5.74, 6) is 0.384. The number of aromatic nitrogens is 1. The van der Waals surface area contributed by atoms with Crippen LogP contribution in [0.4, 0.5) is 14.6 Å². The van der Waals surface area contributed by atoms with Crippen molar-refractivity contribution in [2.45, 2.75) is 19.3 Å². The Hall–Kier alpha value is -2.58. The molecule has 33 heavy (non-hydrogen) atoms. The lowest BCUT2D eigenvalue weighted by molar-refractivity contribution is -0.122. The van der Waals surface area contributed by atoms with Crippen LogP contribution in [-0.4, -0.2) is 79.6 Å². The number of likely N-dealkylation sites (tertiary alicyclic amines) is 1. The van der Waals surface area contributed by atoms with E-state index in [0.29, 0.717) is 12.5 Å². The highest BCUT2D eigenvalue weighted by Gasteiger charge is 2.25. The first-order valence-corrected chi connectivity index (χ1v) is 11.9. The number of nitrogens with zero attached hydrogens (tertiary/aromatic N) is 4. The Morgan fingerprint density at radius 3 is 2.52 bits per heavy atom. The normalized spacial score (nSPS) is 20.1. The lowest BCUT2D eigenvalue weighted by atomic mass is 9.97. The van der Waals surface area contributed by atoms with Crippen LogP contribution in [0.1, 0.15) is 18.4 Å². The molecule has 8 heteroatoms. The van der Waals surface area contributed by atoms with Crippen molar-refractivity contribution in [1.29, 1.82) is 0 Å². The summed E-state index contributed by atoms with van der Waals surface area (Å²) in [4.78, 5) is 23.9. The van der Waals surface area contributed by atoms with Gasteiger partial charge in [0.05, 0.1) is 6.54 Å². The van der Waals surface area contributed by atoms with Gasteiger partial charge in [0.1, 0.15) is 17.5 Å². The minimum atomic E-state index is -0.566. The molecule has 0 saturated carbocycles. The number of rotatable bonds is 8. The number of piperazine rings is 1. The van der Waals surface area contributed by atoms with Crippen LogP contribution in [0.3, 0.4) is 0 Å². The van der Waals surface area contributed by atoms with Crippen molar-refractivity contribution in [2.75, 3.05) is 63.8 Å². The number of benzene rings is 1. The van der Waals surface area contributed by atoms with E-state index in [2.05, 4.69) is 31.1 Å². The first-order chi connectivity index (χ1) is 16.1. The third-order valence-electron chi connectivity index (χ3n) is 6.59. The predicted octanol–water partition coefficient (Wildman–Crippen LogP) is 2.55. The van der Waals surface area contributed by atoms with E-state index in [1.807, 2.05) is 18.3 Å². The molecule has 0 bridgehead atoms. The molecule has 2 aliphatic heterocycles. The molecule has 1 unspecified atom stereocenters. The fourth-order valence-electron chi connectivity index (χ4n) is 4.87. The molecule has 2 aliphatic rings. The van der Waals surface area contributed by atoms with Gasteiger partial charge in [0.15, 0.2) is 0 Å². The van der Waals surface area contributed by atoms with Crippen molar-refractivity contribution < 1.29 is 13.6 Å². The molecule has 2 fully saturated rings. The molecule has 2 saturated heterocycles. The SMILES string of the molecule is O=C(CN1CCCC(CN2CCN(c3ccccn3)CC2)C1)NCCc1c(F)cccc1F. The average Bonchev–Trinajstić information content (AvgIpc) is 2.82. The third kappa shape index (κ3) is 6.71. The average molecular weight is 458 g/mol. The van der Waals surface area contributed by atoms with E-state index in [0.717, 1.165) is 58.1 Å². The van der Waals surface area contributed by atoms with Gasteiger partial charge in [0, 0.05) is 57.6 Å². The molecule has 0 aliphatic carbocycles. The summed E-state index contributed by atoms with van der Waals surface area (Å²) in [6.07, 6.45) is 4.27. The van der Waals surface area contributed by atoms with Gasteiger partial charge in [-0.15, -0.1) is 0 Å². The van der Waals surface area contributed by atoms with E-state index in [4.69, 9.17) is 0 Å². The summed E-state index contributed by atoms with van der Waals surface area (Å²) in [7, 11) is 0. The highest BCUT2D eigenvalue weighted by Crippen LogP contribution is 2.19. The second-order valence-corrected chi connectivity index (χ2v) is 9.02. The van der Waals surface area contributed by atoms with Crippen molar-refractivity contribution in [2.24, 2.45) is 5.92 Å². The highest BCUT2D eigenvalue weighted by molar-refractivity contribution is 5.78. The molecule has 1 atom stereocenters. The number of anilines is 1. The summed E-state index contributed by atoms with van der Waals surface area (Å²) in [5.41, 5.74) is 0.0268. The minimum absolute atomic E-state index is 0.0268. The number of piperidine rings is 1. The highest BCUT2D eigenvalue weighted by atomic mass is 19.1. The molecular weight excluding hydrogens is 424 g/mol. The van der Waals surface area contributed by atoms with Crippen LogP contribution in [-0.2, 0) is 11.2 Å². The number of pyridine rings is 1. The van der Waals surface area contributed by atoms with Gasteiger partial charge in [-0.2, -0.15) is 0 Å². The van der Waals surface area contributed by atoms with Crippen LogP contribution in [0.15, 0.2) is 42.6 Å². The molecule has 1 aromatic heterocycles. The largest absolute Gasteiger partial charge is 0.355 e. The molecule has 0 spiro atoms. The van der Waals surface area contributed by atoms with Crippen LogP contribution in [0.5, 0.6) is 0 Å². The van der Waals surface area contributed by atoms with Crippen molar-refractivity contribution in [1.82, 2.24) is 20.1 Å². The molecule has 2 aromatic rings. The number of carbonyl (C=O) groups excluding carboxylic acids is 1. The smallest absolute Gasteiger partial charge is 0.234 e. The maximum absolute atomic E-state index is 13.7. The fraction of sp³-hybridized carbons (Fsp3) is 0.520. The van der Waals surface area contributed by atoms with Crippen molar-refractivity contribution in [3.8, 4) is 0 Å². The van der Waals surface area contributed by atoms with E-state index in [-0.39, 0.29) is 24.4 Å². The van der Waals surface area contributed by atoms with E-state index >= 15 is 0 Å². The lowest BCUT2D eigenvalue weighted by Gasteiger charge is -2.39. The third-order valence-corrected chi connectivity index (χ3v) is 6.59. The van der Waals surface area contributed by atoms with E-state index < -0.39 is 11.6 Å². The fourth-order valence-corrected chi connectivity index (χ4v) is 4.87. The molecule has 1 amide bonds. The van der Waals surface area contributed by atoms with Crippen LogP contribution in [0.25, 0.3) is 0 Å². The molecule has 6 nitrogen and oxygen atoms in total. The van der Waals surface area contributed by atoms with Crippen LogP contribution in [0, 0.1) is 17.6 Å². The number of hydrogen-bond acceptors (Lipinski definition) is 5. The number of nitrogens with one attached hydrogen (secondary N) is 1. The van der Waals surface area contributed by atoms with E-state index in [1.165, 1.54) is 24.6 Å². The molecule has 0 radical (unpaired) electrons. The van der Waals surface area contributed by atoms with Gasteiger partial charge in [0.2, 0.25) is 5.91 Å². The van der Waals surface area contributed by atoms with E-state index in [1.54, 1.807) is 0 Å². The first-order valence-electron chi connectivity index (χ1n) is 11.9. The minimum Gasteiger partial charge on any atom is -0.355 e. The second-order valence-electron chi connectivity index (χ2n) is 9.02. The Bertz CT molecular complexity index is 885. The van der Waals surface area contributed by atoms with Gasteiger partial charge in [-0.05, 0) is 56.0 Å². The summed E-state index contributed by atoms with van der Waals surface area (Å²) in [6, 6.07) is 9.86. The zero-order chi connectivity index (χ0) is 23.0. The molecule has 4 rings (SSSR count). The Morgan fingerprint density at radius 1 is 1.00 bits per heavy atom. The molecule has 1 aromatic carbocycles. The Kier molecular flexibility index (Phi) is 8.23. The van der Waals surface area contributed by atoms with Gasteiger partial charge in [0.25, 0.3) is 0 Å². The Balaban J connectivity index is 1.16. The quantitative estimate of drug-likeness (QED) is 0.660. The maximum Gasteiger partial charge on any atom is 0.234 e. The van der Waals surface area contributed by atoms with Crippen molar-refractivity contribution in [3.05, 3.63) is 59.8 Å². The van der Waals surface area contributed by atoms with Gasteiger partial charge in [-0.3, -0.25) is 14.6 Å². The Morgan fingerprint density at radius 2 is 1.79 bits per heavy atom. The van der Waals surface area contributed by atoms with Gasteiger partial charge < -0.3 is 10.2 Å². The topological polar surface area (TPSA) is 51.7 Å². The first kappa shape index (κ1) is 23.6. The predicted molar refractivity (Wildman–Crippen MR) is 125 cm³/mol. The van der Waals surface area contributed by atoms with Crippen molar-refractivity contribution in [3.63, 3.8) is 0 Å². The lowest BCUT2D eigenvalue weighted by Crippen LogP contribution is -2.50. The maximum atomic E-state index is 13.7. The summed E-state index contributed by atoms with van der Waals surface area (Å²) in [5, 5.41) is 2.81. The zero-order valence-electron chi connectivity index (χ0n) is 19.1. The van der Waals surface area contributed by atoms with Gasteiger partial charge in [-0.25, -0.2) is 13.8 Å². The Labute approximate surface area is 194 Å². The summed E-state index contributed by atoms with van der Waals surface area (Å²) < 4.78 is 27.4. The molecule has 3 heterocycles.